The van der Waals surface area contributed by atoms with E-state index >= 15 is 0 Å². The number of aryl methyl sites for hydroxylation is 1. The maximum absolute atomic E-state index is 12.2. The van der Waals surface area contributed by atoms with Gasteiger partial charge in [0, 0.05) is 27.8 Å². The minimum Gasteiger partial charge on any atom is -0.323 e. The first-order chi connectivity index (χ1) is 8.70. The van der Waals surface area contributed by atoms with E-state index in [1.54, 1.807) is 0 Å². The summed E-state index contributed by atoms with van der Waals surface area (Å²) in [5.41, 5.74) is 8.59. The molecule has 18 heavy (non-hydrogen) atoms. The van der Waals surface area contributed by atoms with Crippen molar-refractivity contribution in [3.05, 3.63) is 35.4 Å². The highest BCUT2D eigenvalue weighted by molar-refractivity contribution is 7.85. The van der Waals surface area contributed by atoms with Crippen LogP contribution in [0.4, 0.5) is 0 Å². The van der Waals surface area contributed by atoms with Crippen LogP contribution in [0.15, 0.2) is 24.3 Å². The first-order valence-corrected chi connectivity index (χ1v) is 8.30. The molecule has 0 radical (unpaired) electrons. The Hall–Kier alpha value is -0.670. The van der Waals surface area contributed by atoms with E-state index in [0.29, 0.717) is 11.0 Å². The Morgan fingerprint density at radius 1 is 1.28 bits per heavy atom. The van der Waals surface area contributed by atoms with Gasteiger partial charge in [-0.1, -0.05) is 44.0 Å². The lowest BCUT2D eigenvalue weighted by Gasteiger charge is -2.15. The molecule has 2 N–H and O–H groups in total. The Morgan fingerprint density at radius 2 is 1.89 bits per heavy atom. The van der Waals surface area contributed by atoms with E-state index < -0.39 is 10.8 Å². The summed E-state index contributed by atoms with van der Waals surface area (Å²) in [6, 6.07) is 8.31. The van der Waals surface area contributed by atoms with Crippen LogP contribution in [-0.2, 0) is 17.2 Å². The van der Waals surface area contributed by atoms with E-state index in [2.05, 4.69) is 31.2 Å². The Kier molecular flexibility index (Phi) is 4.95. The van der Waals surface area contributed by atoms with Crippen LogP contribution in [0, 0.1) is 0 Å². The van der Waals surface area contributed by atoms with Gasteiger partial charge >= 0.3 is 0 Å². The third-order valence-electron chi connectivity index (χ3n) is 3.83. The number of benzene rings is 1. The van der Waals surface area contributed by atoms with Gasteiger partial charge in [-0.15, -0.1) is 0 Å². The summed E-state index contributed by atoms with van der Waals surface area (Å²) in [7, 11) is -0.758. The molecule has 0 spiro atoms. The smallest absolute Gasteiger partial charge is 0.0431 e. The molecule has 1 aliphatic carbocycles. The molecule has 2 atom stereocenters. The minimum absolute atomic E-state index is 0.0858. The molecule has 1 aromatic rings. The lowest BCUT2D eigenvalue weighted by atomic mass is 10.1. The van der Waals surface area contributed by atoms with Gasteiger partial charge in [-0.05, 0) is 30.4 Å². The second-order valence-electron chi connectivity index (χ2n) is 5.16. The molecule has 2 unspecified atom stereocenters. The van der Waals surface area contributed by atoms with Gasteiger partial charge in [0.05, 0.1) is 0 Å². The van der Waals surface area contributed by atoms with Crippen LogP contribution < -0.4 is 5.73 Å². The van der Waals surface area contributed by atoms with Crippen LogP contribution in [0.3, 0.4) is 0 Å². The van der Waals surface area contributed by atoms with Crippen molar-refractivity contribution in [1.29, 1.82) is 0 Å². The van der Waals surface area contributed by atoms with Crippen LogP contribution in [0.25, 0.3) is 0 Å². The van der Waals surface area contributed by atoms with Crippen LogP contribution in [0.1, 0.15) is 49.8 Å². The topological polar surface area (TPSA) is 43.1 Å². The third-order valence-corrected chi connectivity index (χ3v) is 5.74. The zero-order chi connectivity index (χ0) is 13.0. The molecule has 1 aromatic carbocycles. The van der Waals surface area contributed by atoms with Crippen LogP contribution in [-0.4, -0.2) is 15.2 Å². The van der Waals surface area contributed by atoms with Gasteiger partial charge < -0.3 is 5.73 Å². The number of nitrogens with two attached hydrogens (primary N) is 1. The Morgan fingerprint density at radius 3 is 2.44 bits per heavy atom. The van der Waals surface area contributed by atoms with E-state index in [-0.39, 0.29) is 6.04 Å². The fraction of sp³-hybridized carbons (Fsp3) is 0.600. The van der Waals surface area contributed by atoms with Crippen molar-refractivity contribution in [1.82, 2.24) is 0 Å². The van der Waals surface area contributed by atoms with Gasteiger partial charge in [0.2, 0.25) is 0 Å². The summed E-state index contributed by atoms with van der Waals surface area (Å²) in [6.45, 7) is 2.14. The van der Waals surface area contributed by atoms with E-state index in [1.165, 1.54) is 18.4 Å². The van der Waals surface area contributed by atoms with E-state index in [9.17, 15) is 4.21 Å². The molecule has 0 saturated heterocycles. The normalized spacial score (nSPS) is 19.9. The Balaban J connectivity index is 1.93. The molecule has 2 nitrogen and oxygen atoms in total. The fourth-order valence-electron chi connectivity index (χ4n) is 2.56. The van der Waals surface area contributed by atoms with Gasteiger partial charge in [0.25, 0.3) is 0 Å². The molecule has 0 heterocycles. The third kappa shape index (κ3) is 3.42. The predicted octanol–water partition coefficient (Wildman–Crippen LogP) is 2.94. The molecule has 100 valence electrons. The van der Waals surface area contributed by atoms with E-state index in [0.717, 1.165) is 24.8 Å². The molecule has 0 aromatic heterocycles. The maximum atomic E-state index is 12.2. The van der Waals surface area contributed by atoms with Crippen LogP contribution >= 0.6 is 0 Å². The summed E-state index contributed by atoms with van der Waals surface area (Å²) in [5.74, 6) is 0.607. The van der Waals surface area contributed by atoms with Crippen molar-refractivity contribution in [2.45, 2.75) is 50.3 Å². The number of rotatable bonds is 5. The Labute approximate surface area is 112 Å². The summed E-state index contributed by atoms with van der Waals surface area (Å²) in [4.78, 5) is 0. The monoisotopic (exact) mass is 265 g/mol. The second-order valence-corrected chi connectivity index (χ2v) is 6.92. The highest BCUT2D eigenvalue weighted by Gasteiger charge is 2.23. The minimum atomic E-state index is -0.758. The summed E-state index contributed by atoms with van der Waals surface area (Å²) < 4.78 is 12.2. The average molecular weight is 265 g/mol. The summed E-state index contributed by atoms with van der Waals surface area (Å²) >= 11 is 0. The fourth-order valence-corrected chi connectivity index (χ4v) is 4.24. The highest BCUT2D eigenvalue weighted by Crippen LogP contribution is 2.25. The number of hydrogen-bond acceptors (Lipinski definition) is 2. The first-order valence-electron chi connectivity index (χ1n) is 6.92. The molecular weight excluding hydrogens is 242 g/mol. The molecule has 1 saturated carbocycles. The molecule has 3 heteroatoms. The lowest BCUT2D eigenvalue weighted by Crippen LogP contribution is -2.23. The van der Waals surface area contributed by atoms with Gasteiger partial charge in [-0.25, -0.2) is 0 Å². The van der Waals surface area contributed by atoms with Gasteiger partial charge in [-0.2, -0.15) is 0 Å². The lowest BCUT2D eigenvalue weighted by molar-refractivity contribution is 0.661. The molecular formula is C15H23NOS. The number of hydrogen-bond donors (Lipinski definition) is 1. The zero-order valence-corrected chi connectivity index (χ0v) is 11.9. The van der Waals surface area contributed by atoms with Crippen molar-refractivity contribution < 1.29 is 4.21 Å². The summed E-state index contributed by atoms with van der Waals surface area (Å²) in [6.07, 6.45) is 5.75. The van der Waals surface area contributed by atoms with Gasteiger partial charge in [0.15, 0.2) is 0 Å². The molecule has 0 bridgehead atoms. The Bertz CT molecular complexity index is 395. The quantitative estimate of drug-likeness (QED) is 0.889. The summed E-state index contributed by atoms with van der Waals surface area (Å²) in [5, 5.41) is 0.394. The molecule has 0 aliphatic heterocycles. The standard InChI is InChI=1S/C15H23NOS/c1-2-12-7-9-13(10-8-12)15(16)11-18(17)14-5-3-4-6-14/h7-10,14-15H,2-6,11,16H2,1H3. The van der Waals surface area contributed by atoms with Crippen molar-refractivity contribution in [2.24, 2.45) is 5.73 Å². The van der Waals surface area contributed by atoms with E-state index in [4.69, 9.17) is 5.73 Å². The average Bonchev–Trinajstić information content (AvgIpc) is 2.92. The molecule has 0 amide bonds. The second kappa shape index (κ2) is 6.48. The van der Waals surface area contributed by atoms with Crippen molar-refractivity contribution in [2.75, 3.05) is 5.75 Å². The van der Waals surface area contributed by atoms with Crippen LogP contribution in [0.5, 0.6) is 0 Å². The molecule has 2 rings (SSSR count). The van der Waals surface area contributed by atoms with Crippen molar-refractivity contribution in [3.8, 4) is 0 Å². The largest absolute Gasteiger partial charge is 0.323 e. The molecule has 1 fully saturated rings. The highest BCUT2D eigenvalue weighted by atomic mass is 32.2. The van der Waals surface area contributed by atoms with Crippen molar-refractivity contribution >= 4 is 10.8 Å². The van der Waals surface area contributed by atoms with Gasteiger partial charge in [0.1, 0.15) is 0 Å². The first kappa shape index (κ1) is 13.8. The van der Waals surface area contributed by atoms with Crippen molar-refractivity contribution in [3.63, 3.8) is 0 Å². The zero-order valence-electron chi connectivity index (χ0n) is 11.1. The van der Waals surface area contributed by atoms with Gasteiger partial charge in [-0.3, -0.25) is 4.21 Å². The van der Waals surface area contributed by atoms with Crippen LogP contribution in [0.2, 0.25) is 0 Å². The van der Waals surface area contributed by atoms with E-state index in [1.807, 2.05) is 0 Å². The molecule has 1 aliphatic rings. The predicted molar refractivity (Wildman–Crippen MR) is 78.0 cm³/mol. The SMILES string of the molecule is CCc1ccc(C(N)CS(=O)C2CCCC2)cc1. The maximum Gasteiger partial charge on any atom is 0.0431 e.